The fourth-order valence-corrected chi connectivity index (χ4v) is 4.26. The third kappa shape index (κ3) is 4.52. The van der Waals surface area contributed by atoms with Gasteiger partial charge in [0.15, 0.2) is 5.78 Å². The molecule has 0 unspecified atom stereocenters. The van der Waals surface area contributed by atoms with E-state index >= 15 is 0 Å². The summed E-state index contributed by atoms with van der Waals surface area (Å²) < 4.78 is 0. The number of aromatic amines is 1. The summed E-state index contributed by atoms with van der Waals surface area (Å²) in [5.74, 6) is 0.609. The van der Waals surface area contributed by atoms with E-state index in [0.717, 1.165) is 46.5 Å². The highest BCUT2D eigenvalue weighted by Crippen LogP contribution is 2.35. The first kappa shape index (κ1) is 20.6. The lowest BCUT2D eigenvalue weighted by Crippen LogP contribution is -2.20. The number of Topliss-reactive ketones (excluding diaryl/α,β-unsaturated/α-hetero) is 1. The van der Waals surface area contributed by atoms with Gasteiger partial charge in [0.25, 0.3) is 0 Å². The van der Waals surface area contributed by atoms with Crippen LogP contribution in [0.25, 0.3) is 11.3 Å². The maximum atomic E-state index is 12.8. The highest BCUT2D eigenvalue weighted by molar-refractivity contribution is 6.02. The fourth-order valence-electron chi connectivity index (χ4n) is 4.26. The normalized spacial score (nSPS) is 12.8. The van der Waals surface area contributed by atoms with Gasteiger partial charge in [-0.05, 0) is 48.2 Å². The van der Waals surface area contributed by atoms with Crippen molar-refractivity contribution in [3.63, 3.8) is 0 Å². The summed E-state index contributed by atoms with van der Waals surface area (Å²) in [5.41, 5.74) is 6.37. The maximum Gasteiger partial charge on any atom is 0.324 e. The van der Waals surface area contributed by atoms with Gasteiger partial charge in [0, 0.05) is 53.9 Å². The Bertz CT molecular complexity index is 1300. The predicted molar refractivity (Wildman–Crippen MR) is 127 cm³/mol. The lowest BCUT2D eigenvalue weighted by atomic mass is 9.90. The Balaban J connectivity index is 1.46. The van der Waals surface area contributed by atoms with Crippen LogP contribution in [-0.4, -0.2) is 26.8 Å². The van der Waals surface area contributed by atoms with Crippen LogP contribution in [0.3, 0.4) is 0 Å². The second-order valence-corrected chi connectivity index (χ2v) is 8.02. The number of ketones is 1. The second-order valence-electron chi connectivity index (χ2n) is 8.02. The molecule has 0 saturated carbocycles. The average Bonchev–Trinajstić information content (AvgIpc) is 3.20. The van der Waals surface area contributed by atoms with Crippen molar-refractivity contribution < 1.29 is 9.59 Å². The fraction of sp³-hybridized carbons (Fsp3) is 0.154. The largest absolute Gasteiger partial charge is 0.358 e. The van der Waals surface area contributed by atoms with Crippen LogP contribution < -0.4 is 10.6 Å². The van der Waals surface area contributed by atoms with E-state index in [4.69, 9.17) is 0 Å². The van der Waals surface area contributed by atoms with Crippen molar-refractivity contribution >= 4 is 23.3 Å². The van der Waals surface area contributed by atoms with E-state index in [-0.39, 0.29) is 5.78 Å². The van der Waals surface area contributed by atoms with Gasteiger partial charge < -0.3 is 10.3 Å². The molecule has 3 aromatic heterocycles. The molecular weight excluding hydrogens is 414 g/mol. The summed E-state index contributed by atoms with van der Waals surface area (Å²) in [7, 11) is 0. The maximum absolute atomic E-state index is 12.8. The number of urea groups is 1. The molecule has 5 rings (SSSR count). The van der Waals surface area contributed by atoms with E-state index in [1.54, 1.807) is 30.7 Å². The molecule has 0 radical (unpaired) electrons. The molecular formula is C26H23N5O2. The minimum atomic E-state index is -0.392. The summed E-state index contributed by atoms with van der Waals surface area (Å²) in [5, 5.41) is 5.53. The number of nitrogens with one attached hydrogen (secondary N) is 3. The number of pyridine rings is 2. The molecule has 0 fully saturated rings. The standard InChI is InChI=1S/C26H23N5O2/c32-22-8-4-7-21-24(22)20(15-17-5-2-1-3-6-17)25(30-21)18-9-14-28-23(16-18)31-26(33)29-19-10-12-27-13-11-19/h1-3,5-6,9-14,16,30H,4,7-8,15H2,(H2,27,28,29,31,33). The van der Waals surface area contributed by atoms with E-state index in [1.165, 1.54) is 0 Å². The highest BCUT2D eigenvalue weighted by Gasteiger charge is 2.26. The Morgan fingerprint density at radius 3 is 2.61 bits per heavy atom. The second kappa shape index (κ2) is 9.08. The number of fused-ring (bicyclic) bond motifs is 1. The predicted octanol–water partition coefficient (Wildman–Crippen LogP) is 5.23. The SMILES string of the molecule is O=C(Nc1ccncc1)Nc1cc(-c2[nH]c3c(c2Cc2ccccc2)C(=O)CCC3)ccn1. The first-order chi connectivity index (χ1) is 16.2. The van der Waals surface area contributed by atoms with Crippen LogP contribution in [0.4, 0.5) is 16.3 Å². The smallest absolute Gasteiger partial charge is 0.324 e. The zero-order chi connectivity index (χ0) is 22.6. The Kier molecular flexibility index (Phi) is 5.68. The molecule has 2 amide bonds. The molecule has 0 saturated heterocycles. The summed E-state index contributed by atoms with van der Waals surface area (Å²) >= 11 is 0. The molecule has 0 bridgehead atoms. The molecule has 0 aliphatic heterocycles. The summed E-state index contributed by atoms with van der Waals surface area (Å²) in [4.78, 5) is 37.0. The molecule has 7 heteroatoms. The third-order valence-electron chi connectivity index (χ3n) is 5.74. The van der Waals surface area contributed by atoms with Gasteiger partial charge in [-0.3, -0.25) is 15.1 Å². The molecule has 4 aromatic rings. The van der Waals surface area contributed by atoms with Gasteiger partial charge in [0.05, 0.1) is 5.69 Å². The number of anilines is 2. The molecule has 1 aliphatic carbocycles. The van der Waals surface area contributed by atoms with E-state index in [2.05, 4.69) is 37.7 Å². The van der Waals surface area contributed by atoms with Crippen molar-refractivity contribution in [2.75, 3.05) is 10.6 Å². The van der Waals surface area contributed by atoms with Crippen LogP contribution in [-0.2, 0) is 12.8 Å². The minimum absolute atomic E-state index is 0.189. The number of hydrogen-bond acceptors (Lipinski definition) is 4. The van der Waals surface area contributed by atoms with Gasteiger partial charge in [-0.1, -0.05) is 30.3 Å². The van der Waals surface area contributed by atoms with Crippen molar-refractivity contribution in [1.29, 1.82) is 0 Å². The molecule has 3 N–H and O–H groups in total. The van der Waals surface area contributed by atoms with E-state index in [0.29, 0.717) is 24.3 Å². The summed E-state index contributed by atoms with van der Waals surface area (Å²) in [6.07, 6.45) is 7.81. The lowest BCUT2D eigenvalue weighted by Gasteiger charge is -2.12. The van der Waals surface area contributed by atoms with Gasteiger partial charge in [-0.25, -0.2) is 9.78 Å². The Morgan fingerprint density at radius 2 is 1.79 bits per heavy atom. The molecule has 164 valence electrons. The van der Waals surface area contributed by atoms with Gasteiger partial charge >= 0.3 is 6.03 Å². The lowest BCUT2D eigenvalue weighted by molar-refractivity contribution is 0.0971. The van der Waals surface area contributed by atoms with Crippen LogP contribution in [0.2, 0.25) is 0 Å². The number of aromatic nitrogens is 3. The van der Waals surface area contributed by atoms with Crippen LogP contribution in [0.15, 0.2) is 73.2 Å². The van der Waals surface area contributed by atoms with Crippen molar-refractivity contribution in [1.82, 2.24) is 15.0 Å². The number of H-pyrrole nitrogens is 1. The van der Waals surface area contributed by atoms with Crippen LogP contribution in [0, 0.1) is 0 Å². The molecule has 0 atom stereocenters. The monoisotopic (exact) mass is 437 g/mol. The molecule has 1 aromatic carbocycles. The molecule has 1 aliphatic rings. The quantitative estimate of drug-likeness (QED) is 0.398. The number of benzene rings is 1. The molecule has 3 heterocycles. The number of nitrogens with zero attached hydrogens (tertiary/aromatic N) is 2. The number of carbonyl (C=O) groups is 2. The zero-order valence-corrected chi connectivity index (χ0v) is 18.0. The zero-order valence-electron chi connectivity index (χ0n) is 18.0. The van der Waals surface area contributed by atoms with E-state index in [9.17, 15) is 9.59 Å². The number of aryl methyl sites for hydroxylation is 1. The van der Waals surface area contributed by atoms with Crippen LogP contribution in [0.5, 0.6) is 0 Å². The van der Waals surface area contributed by atoms with Crippen molar-refractivity contribution in [3.8, 4) is 11.3 Å². The molecule has 0 spiro atoms. The highest BCUT2D eigenvalue weighted by atomic mass is 16.2. The molecule has 7 nitrogen and oxygen atoms in total. The number of amides is 2. The number of rotatable bonds is 5. The van der Waals surface area contributed by atoms with E-state index < -0.39 is 6.03 Å². The molecule has 33 heavy (non-hydrogen) atoms. The summed E-state index contributed by atoms with van der Waals surface area (Å²) in [6.45, 7) is 0. The first-order valence-electron chi connectivity index (χ1n) is 10.9. The Labute approximate surface area is 191 Å². The first-order valence-corrected chi connectivity index (χ1v) is 10.9. The van der Waals surface area contributed by atoms with Gasteiger partial charge in [-0.2, -0.15) is 0 Å². The average molecular weight is 438 g/mol. The Hall–Kier alpha value is -4.26. The number of hydrogen-bond donors (Lipinski definition) is 3. The summed E-state index contributed by atoms with van der Waals surface area (Å²) in [6, 6.07) is 16.9. The van der Waals surface area contributed by atoms with Crippen molar-refractivity contribution in [2.45, 2.75) is 25.7 Å². The third-order valence-corrected chi connectivity index (χ3v) is 5.74. The topological polar surface area (TPSA) is 99.8 Å². The van der Waals surface area contributed by atoms with Gasteiger partial charge in [-0.15, -0.1) is 0 Å². The van der Waals surface area contributed by atoms with Crippen molar-refractivity contribution in [2.24, 2.45) is 0 Å². The number of carbonyl (C=O) groups excluding carboxylic acids is 2. The minimum Gasteiger partial charge on any atom is -0.358 e. The Morgan fingerprint density at radius 1 is 0.970 bits per heavy atom. The van der Waals surface area contributed by atoms with Crippen molar-refractivity contribution in [3.05, 3.63) is 95.6 Å². The van der Waals surface area contributed by atoms with E-state index in [1.807, 2.05) is 30.3 Å². The van der Waals surface area contributed by atoms with Crippen LogP contribution >= 0.6 is 0 Å². The van der Waals surface area contributed by atoms with Gasteiger partial charge in [0.2, 0.25) is 0 Å². The van der Waals surface area contributed by atoms with Crippen LogP contribution in [0.1, 0.15) is 40.0 Å². The van der Waals surface area contributed by atoms with Gasteiger partial charge in [0.1, 0.15) is 5.82 Å².